The van der Waals surface area contributed by atoms with Crippen molar-refractivity contribution in [2.75, 3.05) is 13.2 Å². The number of ether oxygens (including phenoxy) is 1. The first-order chi connectivity index (χ1) is 9.56. The van der Waals surface area contributed by atoms with Gasteiger partial charge >= 0.3 is 0 Å². The number of amides is 1. The maximum Gasteiger partial charge on any atom is 0.220 e. The molecule has 0 aliphatic carbocycles. The Morgan fingerprint density at radius 2 is 2.25 bits per heavy atom. The molecule has 2 rings (SSSR count). The molecule has 0 aromatic heterocycles. The van der Waals surface area contributed by atoms with E-state index in [0.717, 1.165) is 12.1 Å². The van der Waals surface area contributed by atoms with Crippen LogP contribution in [0.15, 0.2) is 18.2 Å². The van der Waals surface area contributed by atoms with Gasteiger partial charge in [0.25, 0.3) is 0 Å². The van der Waals surface area contributed by atoms with Crippen LogP contribution in [0.25, 0.3) is 0 Å². The highest BCUT2D eigenvalue weighted by atomic mass is 19.1. The summed E-state index contributed by atoms with van der Waals surface area (Å²) in [5, 5.41) is 12.3. The fourth-order valence-electron chi connectivity index (χ4n) is 2.12. The van der Waals surface area contributed by atoms with E-state index >= 15 is 0 Å². The molecule has 0 bridgehead atoms. The van der Waals surface area contributed by atoms with Crippen LogP contribution in [-0.4, -0.2) is 36.4 Å². The van der Waals surface area contributed by atoms with Crippen LogP contribution in [0, 0.1) is 11.6 Å². The first-order valence-corrected chi connectivity index (χ1v) is 6.55. The summed E-state index contributed by atoms with van der Waals surface area (Å²) in [4.78, 5) is 11.7. The zero-order valence-corrected chi connectivity index (χ0v) is 10.9. The number of hydrogen-bond acceptors (Lipinski definition) is 3. The number of nitrogens with one attached hydrogen (secondary N) is 1. The maximum absolute atomic E-state index is 13.4. The Kier molecular flexibility index (Phi) is 5.03. The summed E-state index contributed by atoms with van der Waals surface area (Å²) in [6, 6.07) is 2.87. The fraction of sp³-hybridized carbons (Fsp3) is 0.500. The van der Waals surface area contributed by atoms with Gasteiger partial charge in [0, 0.05) is 19.1 Å². The van der Waals surface area contributed by atoms with Crippen LogP contribution in [0.2, 0.25) is 0 Å². The first-order valence-electron chi connectivity index (χ1n) is 6.55. The van der Waals surface area contributed by atoms with E-state index in [9.17, 15) is 18.7 Å². The molecule has 2 N–H and O–H groups in total. The molecule has 1 fully saturated rings. The van der Waals surface area contributed by atoms with Gasteiger partial charge in [-0.1, -0.05) is 6.07 Å². The number of hydrogen-bond donors (Lipinski definition) is 2. The van der Waals surface area contributed by atoms with Crippen molar-refractivity contribution in [1.82, 2.24) is 5.32 Å². The average Bonchev–Trinajstić information content (AvgIpc) is 2.40. The van der Waals surface area contributed by atoms with Crippen LogP contribution >= 0.6 is 0 Å². The van der Waals surface area contributed by atoms with E-state index in [2.05, 4.69) is 5.32 Å². The molecule has 0 spiro atoms. The van der Waals surface area contributed by atoms with Crippen LogP contribution in [0.4, 0.5) is 8.78 Å². The zero-order chi connectivity index (χ0) is 14.5. The van der Waals surface area contributed by atoms with E-state index in [1.807, 2.05) is 0 Å². The topological polar surface area (TPSA) is 58.6 Å². The van der Waals surface area contributed by atoms with Crippen LogP contribution in [-0.2, 0) is 16.0 Å². The predicted molar refractivity (Wildman–Crippen MR) is 68.1 cm³/mol. The lowest BCUT2D eigenvalue weighted by molar-refractivity contribution is -0.124. The van der Waals surface area contributed by atoms with Crippen molar-refractivity contribution < 1.29 is 23.4 Å². The smallest absolute Gasteiger partial charge is 0.220 e. The van der Waals surface area contributed by atoms with E-state index in [-0.39, 0.29) is 25.4 Å². The molecule has 0 radical (unpaired) electrons. The molecule has 1 aliphatic rings. The Morgan fingerprint density at radius 3 is 2.95 bits per heavy atom. The molecule has 2 atom stereocenters. The molecule has 4 nitrogen and oxygen atoms in total. The number of halogens is 2. The van der Waals surface area contributed by atoms with E-state index in [4.69, 9.17) is 4.74 Å². The molecule has 0 unspecified atom stereocenters. The molecular weight excluding hydrogens is 268 g/mol. The molecule has 20 heavy (non-hydrogen) atoms. The SMILES string of the molecule is O=C(CCc1ccc(F)cc1F)N[C@@H]1COCC[C@H]1O. The Bertz CT molecular complexity index is 481. The monoisotopic (exact) mass is 285 g/mol. The van der Waals surface area contributed by atoms with E-state index in [1.54, 1.807) is 0 Å². The molecule has 6 heteroatoms. The van der Waals surface area contributed by atoms with Crippen molar-refractivity contribution in [2.45, 2.75) is 31.4 Å². The predicted octanol–water partition coefficient (Wildman–Crippen LogP) is 1.16. The minimum Gasteiger partial charge on any atom is -0.391 e. The standard InChI is InChI=1S/C14H17F2NO3/c15-10-3-1-9(11(16)7-10)2-4-14(19)17-12-8-20-6-5-13(12)18/h1,3,7,12-13,18H,2,4-6,8H2,(H,17,19)/t12-,13-/m1/s1. The molecule has 1 saturated heterocycles. The summed E-state index contributed by atoms with van der Waals surface area (Å²) >= 11 is 0. The normalized spacial score (nSPS) is 22.6. The summed E-state index contributed by atoms with van der Waals surface area (Å²) in [5.74, 6) is -1.58. The molecule has 1 aliphatic heterocycles. The summed E-state index contributed by atoms with van der Waals surface area (Å²) in [6.07, 6.45) is 0.125. The van der Waals surface area contributed by atoms with Gasteiger partial charge in [0.05, 0.1) is 18.8 Å². The van der Waals surface area contributed by atoms with Gasteiger partial charge in [-0.25, -0.2) is 8.78 Å². The third-order valence-corrected chi connectivity index (χ3v) is 3.30. The van der Waals surface area contributed by atoms with Gasteiger partial charge < -0.3 is 15.2 Å². The van der Waals surface area contributed by atoms with E-state index < -0.39 is 23.8 Å². The van der Waals surface area contributed by atoms with Gasteiger partial charge in [0.1, 0.15) is 11.6 Å². The zero-order valence-electron chi connectivity index (χ0n) is 10.9. The first kappa shape index (κ1) is 14.9. The van der Waals surface area contributed by atoms with Crippen molar-refractivity contribution >= 4 is 5.91 Å². The lowest BCUT2D eigenvalue weighted by Crippen LogP contribution is -2.49. The lowest BCUT2D eigenvalue weighted by Gasteiger charge is -2.28. The highest BCUT2D eigenvalue weighted by molar-refractivity contribution is 5.76. The Hall–Kier alpha value is -1.53. The minimum atomic E-state index is -0.654. The van der Waals surface area contributed by atoms with Crippen molar-refractivity contribution in [2.24, 2.45) is 0 Å². The summed E-state index contributed by atoms with van der Waals surface area (Å²) in [6.45, 7) is 0.756. The van der Waals surface area contributed by atoms with E-state index in [1.165, 1.54) is 6.07 Å². The van der Waals surface area contributed by atoms with Crippen LogP contribution in [0.5, 0.6) is 0 Å². The second-order valence-corrected chi connectivity index (χ2v) is 4.84. The van der Waals surface area contributed by atoms with Gasteiger partial charge in [-0.15, -0.1) is 0 Å². The molecule has 1 heterocycles. The van der Waals surface area contributed by atoms with Crippen molar-refractivity contribution in [3.63, 3.8) is 0 Å². The highest BCUT2D eigenvalue weighted by Crippen LogP contribution is 2.12. The van der Waals surface area contributed by atoms with Crippen molar-refractivity contribution in [1.29, 1.82) is 0 Å². The van der Waals surface area contributed by atoms with Gasteiger partial charge in [-0.05, 0) is 24.5 Å². The number of aliphatic hydroxyl groups excluding tert-OH is 1. The number of carbonyl (C=O) groups excluding carboxylic acids is 1. The maximum atomic E-state index is 13.4. The number of rotatable bonds is 4. The molecule has 110 valence electrons. The third-order valence-electron chi connectivity index (χ3n) is 3.30. The number of carbonyl (C=O) groups is 1. The molecule has 1 amide bonds. The van der Waals surface area contributed by atoms with Gasteiger partial charge in [0.15, 0.2) is 0 Å². The molecule has 0 saturated carbocycles. The summed E-state index contributed by atoms with van der Waals surface area (Å²) in [5.41, 5.74) is 0.294. The summed E-state index contributed by atoms with van der Waals surface area (Å²) < 4.78 is 31.3. The number of aryl methyl sites for hydroxylation is 1. The van der Waals surface area contributed by atoms with Crippen molar-refractivity contribution in [3.8, 4) is 0 Å². The van der Waals surface area contributed by atoms with Crippen molar-refractivity contribution in [3.05, 3.63) is 35.4 Å². The number of aliphatic hydroxyl groups is 1. The minimum absolute atomic E-state index is 0.0752. The summed E-state index contributed by atoms with van der Waals surface area (Å²) in [7, 11) is 0. The lowest BCUT2D eigenvalue weighted by atomic mass is 10.1. The second kappa shape index (κ2) is 6.76. The highest BCUT2D eigenvalue weighted by Gasteiger charge is 2.25. The van der Waals surface area contributed by atoms with Gasteiger partial charge in [-0.2, -0.15) is 0 Å². The molecule has 1 aromatic carbocycles. The van der Waals surface area contributed by atoms with Crippen LogP contribution in [0.3, 0.4) is 0 Å². The average molecular weight is 285 g/mol. The van der Waals surface area contributed by atoms with Gasteiger partial charge in [-0.3, -0.25) is 4.79 Å². The largest absolute Gasteiger partial charge is 0.391 e. The molecule has 1 aromatic rings. The third kappa shape index (κ3) is 3.98. The van der Waals surface area contributed by atoms with Gasteiger partial charge in [0.2, 0.25) is 5.91 Å². The Balaban J connectivity index is 1.82. The molecular formula is C14H17F2NO3. The number of benzene rings is 1. The van der Waals surface area contributed by atoms with Crippen LogP contribution < -0.4 is 5.32 Å². The van der Waals surface area contributed by atoms with Crippen LogP contribution in [0.1, 0.15) is 18.4 Å². The van der Waals surface area contributed by atoms with E-state index in [0.29, 0.717) is 18.6 Å². The fourth-order valence-corrected chi connectivity index (χ4v) is 2.12. The quantitative estimate of drug-likeness (QED) is 0.873. The Morgan fingerprint density at radius 1 is 1.45 bits per heavy atom. The second-order valence-electron chi connectivity index (χ2n) is 4.84. The Labute approximate surface area is 115 Å².